The standard InChI is InChI=1S/C14H11FNO/c1-11(17)16(13-5-3-2-4-6-13)14-9-7-12(15)8-10-14/h2-10H,1H2. The van der Waals surface area contributed by atoms with E-state index in [0.717, 1.165) is 0 Å². The number of hydrogen-bond donors (Lipinski definition) is 0. The molecule has 0 atom stereocenters. The Hall–Kier alpha value is -2.16. The van der Waals surface area contributed by atoms with Gasteiger partial charge in [0.1, 0.15) is 5.82 Å². The predicted molar refractivity (Wildman–Crippen MR) is 65.3 cm³/mol. The average Bonchev–Trinajstić information content (AvgIpc) is 2.33. The van der Waals surface area contributed by atoms with Gasteiger partial charge < -0.3 is 0 Å². The smallest absolute Gasteiger partial charge is 0.232 e. The Bertz CT molecular complexity index is 508. The first kappa shape index (κ1) is 11.3. The highest BCUT2D eigenvalue weighted by molar-refractivity contribution is 6.02. The lowest BCUT2D eigenvalue weighted by atomic mass is 10.2. The van der Waals surface area contributed by atoms with E-state index in [1.807, 2.05) is 18.2 Å². The minimum Gasteiger partial charge on any atom is -0.281 e. The number of carbonyl (C=O) groups is 1. The Labute approximate surface area is 99.3 Å². The van der Waals surface area contributed by atoms with Crippen LogP contribution in [0.5, 0.6) is 0 Å². The molecule has 0 spiro atoms. The minimum atomic E-state index is -0.359. The van der Waals surface area contributed by atoms with Gasteiger partial charge in [-0.3, -0.25) is 9.69 Å². The first-order valence-electron chi connectivity index (χ1n) is 5.15. The second kappa shape index (κ2) is 4.78. The molecule has 0 aliphatic carbocycles. The Morgan fingerprint density at radius 2 is 1.47 bits per heavy atom. The molecule has 0 bridgehead atoms. The van der Waals surface area contributed by atoms with Crippen molar-refractivity contribution < 1.29 is 9.18 Å². The number of hydrogen-bond acceptors (Lipinski definition) is 1. The normalized spacial score (nSPS) is 10.0. The molecule has 0 saturated heterocycles. The molecule has 2 aromatic rings. The number of nitrogens with zero attached hydrogens (tertiary/aromatic N) is 1. The highest BCUT2D eigenvalue weighted by atomic mass is 19.1. The van der Waals surface area contributed by atoms with E-state index in [2.05, 4.69) is 6.92 Å². The molecule has 0 aliphatic heterocycles. The van der Waals surface area contributed by atoms with Crippen LogP contribution in [-0.4, -0.2) is 5.91 Å². The number of benzene rings is 2. The van der Waals surface area contributed by atoms with Gasteiger partial charge in [0.2, 0.25) is 5.91 Å². The molecule has 2 rings (SSSR count). The zero-order valence-electron chi connectivity index (χ0n) is 9.14. The van der Waals surface area contributed by atoms with E-state index in [-0.39, 0.29) is 11.7 Å². The van der Waals surface area contributed by atoms with Crippen molar-refractivity contribution in [1.82, 2.24) is 0 Å². The van der Waals surface area contributed by atoms with E-state index in [4.69, 9.17) is 0 Å². The van der Waals surface area contributed by atoms with Crippen molar-refractivity contribution in [2.75, 3.05) is 4.90 Å². The van der Waals surface area contributed by atoms with Crippen LogP contribution in [0.25, 0.3) is 0 Å². The van der Waals surface area contributed by atoms with Gasteiger partial charge in [-0.05, 0) is 36.4 Å². The number of carbonyl (C=O) groups excluding carboxylic acids is 1. The fourth-order valence-electron chi connectivity index (χ4n) is 1.60. The van der Waals surface area contributed by atoms with Crippen LogP contribution in [0.3, 0.4) is 0 Å². The summed E-state index contributed by atoms with van der Waals surface area (Å²) in [7, 11) is 0. The molecule has 0 N–H and O–H groups in total. The maximum absolute atomic E-state index is 12.8. The number of anilines is 2. The maximum Gasteiger partial charge on any atom is 0.232 e. The van der Waals surface area contributed by atoms with Crippen molar-refractivity contribution >= 4 is 17.3 Å². The van der Waals surface area contributed by atoms with Crippen molar-refractivity contribution in [3.8, 4) is 0 Å². The largest absolute Gasteiger partial charge is 0.281 e. The van der Waals surface area contributed by atoms with E-state index in [0.29, 0.717) is 11.4 Å². The van der Waals surface area contributed by atoms with Gasteiger partial charge in [0, 0.05) is 18.3 Å². The van der Waals surface area contributed by atoms with Gasteiger partial charge >= 0.3 is 0 Å². The SMILES string of the molecule is [CH2]C(=O)N(c1ccccc1)c1ccc(F)cc1. The van der Waals surface area contributed by atoms with E-state index in [1.54, 1.807) is 24.3 Å². The zero-order chi connectivity index (χ0) is 12.3. The third-order valence-corrected chi connectivity index (χ3v) is 2.35. The molecule has 3 heteroatoms. The molecule has 1 amide bonds. The molecule has 17 heavy (non-hydrogen) atoms. The molecule has 0 aliphatic rings. The summed E-state index contributed by atoms with van der Waals surface area (Å²) in [6, 6.07) is 14.8. The number of para-hydroxylation sites is 1. The van der Waals surface area contributed by atoms with Gasteiger partial charge in [-0.1, -0.05) is 18.2 Å². The second-order valence-corrected chi connectivity index (χ2v) is 3.54. The second-order valence-electron chi connectivity index (χ2n) is 3.54. The third kappa shape index (κ3) is 2.50. The van der Waals surface area contributed by atoms with Gasteiger partial charge in [-0.15, -0.1) is 0 Å². The Balaban J connectivity index is 2.43. The van der Waals surface area contributed by atoms with Crippen molar-refractivity contribution in [2.45, 2.75) is 0 Å². The number of amides is 1. The lowest BCUT2D eigenvalue weighted by Gasteiger charge is -2.21. The Morgan fingerprint density at radius 3 is 2.00 bits per heavy atom. The molecule has 0 unspecified atom stereocenters. The van der Waals surface area contributed by atoms with Crippen LogP contribution in [0, 0.1) is 12.7 Å². The molecular weight excluding hydrogens is 217 g/mol. The average molecular weight is 228 g/mol. The molecule has 85 valence electrons. The van der Waals surface area contributed by atoms with Crippen molar-refractivity contribution in [3.05, 3.63) is 67.3 Å². The van der Waals surface area contributed by atoms with Crippen LogP contribution in [0.15, 0.2) is 54.6 Å². The molecule has 0 heterocycles. The van der Waals surface area contributed by atoms with E-state index in [9.17, 15) is 9.18 Å². The monoisotopic (exact) mass is 228 g/mol. The quantitative estimate of drug-likeness (QED) is 0.772. The van der Waals surface area contributed by atoms with Gasteiger partial charge in [0.25, 0.3) is 0 Å². The van der Waals surface area contributed by atoms with Crippen molar-refractivity contribution in [1.29, 1.82) is 0 Å². The predicted octanol–water partition coefficient (Wildman–Crippen LogP) is 3.32. The number of halogens is 1. The highest BCUT2D eigenvalue weighted by Crippen LogP contribution is 2.25. The fourth-order valence-corrected chi connectivity index (χ4v) is 1.60. The summed E-state index contributed by atoms with van der Waals surface area (Å²) in [5.74, 6) is -0.693. The van der Waals surface area contributed by atoms with Crippen molar-refractivity contribution in [2.24, 2.45) is 0 Å². The van der Waals surface area contributed by atoms with Crippen molar-refractivity contribution in [3.63, 3.8) is 0 Å². The molecular formula is C14H11FNO. The fraction of sp³-hybridized carbons (Fsp3) is 0. The van der Waals surface area contributed by atoms with Crippen LogP contribution in [0.1, 0.15) is 0 Å². The highest BCUT2D eigenvalue weighted by Gasteiger charge is 2.13. The summed E-state index contributed by atoms with van der Waals surface area (Å²) in [4.78, 5) is 13.0. The molecule has 2 nitrogen and oxygen atoms in total. The summed E-state index contributed by atoms with van der Waals surface area (Å²) < 4.78 is 12.8. The zero-order valence-corrected chi connectivity index (χ0v) is 9.14. The van der Waals surface area contributed by atoms with Gasteiger partial charge in [-0.2, -0.15) is 0 Å². The minimum absolute atomic E-state index is 0.335. The Kier molecular flexibility index (Phi) is 3.19. The first-order valence-corrected chi connectivity index (χ1v) is 5.15. The van der Waals surface area contributed by atoms with Gasteiger partial charge in [0.05, 0.1) is 0 Å². The summed E-state index contributed by atoms with van der Waals surface area (Å²) >= 11 is 0. The van der Waals surface area contributed by atoms with Crippen LogP contribution >= 0.6 is 0 Å². The lowest BCUT2D eigenvalue weighted by Crippen LogP contribution is -2.22. The maximum atomic E-state index is 12.8. The van der Waals surface area contributed by atoms with E-state index < -0.39 is 0 Å². The molecule has 0 aromatic heterocycles. The lowest BCUT2D eigenvalue weighted by molar-refractivity contribution is -0.113. The van der Waals surface area contributed by atoms with Crippen LogP contribution < -0.4 is 4.90 Å². The van der Waals surface area contributed by atoms with E-state index in [1.165, 1.54) is 17.0 Å². The summed E-state index contributed by atoms with van der Waals surface area (Å²) in [6.07, 6.45) is 0. The summed E-state index contributed by atoms with van der Waals surface area (Å²) in [5.41, 5.74) is 1.30. The molecule has 1 radical (unpaired) electrons. The van der Waals surface area contributed by atoms with Crippen LogP contribution in [-0.2, 0) is 4.79 Å². The van der Waals surface area contributed by atoms with E-state index >= 15 is 0 Å². The molecule has 0 fully saturated rings. The Morgan fingerprint density at radius 1 is 0.941 bits per heavy atom. The van der Waals surface area contributed by atoms with Crippen LogP contribution in [0.4, 0.5) is 15.8 Å². The molecule has 0 saturated carbocycles. The summed E-state index contributed by atoms with van der Waals surface area (Å²) in [5, 5.41) is 0. The van der Waals surface area contributed by atoms with Crippen LogP contribution in [0.2, 0.25) is 0 Å². The van der Waals surface area contributed by atoms with Gasteiger partial charge in [0.15, 0.2) is 0 Å². The molecule has 2 aromatic carbocycles. The van der Waals surface area contributed by atoms with Gasteiger partial charge in [-0.25, -0.2) is 4.39 Å². The third-order valence-electron chi connectivity index (χ3n) is 2.35. The topological polar surface area (TPSA) is 20.3 Å². The summed E-state index contributed by atoms with van der Waals surface area (Å²) in [6.45, 7) is 3.41. The number of rotatable bonds is 2. The first-order chi connectivity index (χ1) is 8.18.